The summed E-state index contributed by atoms with van der Waals surface area (Å²) in [5, 5.41) is 3.05. The van der Waals surface area contributed by atoms with Crippen LogP contribution in [0.2, 0.25) is 0 Å². The van der Waals surface area contributed by atoms with E-state index in [0.717, 1.165) is 24.3 Å². The maximum Gasteiger partial charge on any atom is 0.305 e. The van der Waals surface area contributed by atoms with Crippen molar-refractivity contribution in [2.45, 2.75) is 26.2 Å². The summed E-state index contributed by atoms with van der Waals surface area (Å²) < 4.78 is 10.4. The molecule has 0 unspecified atom stereocenters. The van der Waals surface area contributed by atoms with Crippen LogP contribution in [0.1, 0.15) is 26.2 Å². The first-order chi connectivity index (χ1) is 8.76. The van der Waals surface area contributed by atoms with Crippen molar-refractivity contribution in [3.63, 3.8) is 0 Å². The van der Waals surface area contributed by atoms with E-state index >= 15 is 0 Å². The fraction of sp³-hybridized carbons (Fsp3) is 0.500. The number of carbonyl (C=O) groups excluding carboxylic acids is 1. The minimum atomic E-state index is -0.129. The molecule has 100 valence electrons. The quantitative estimate of drug-likeness (QED) is 0.570. The first-order valence-corrected chi connectivity index (χ1v) is 6.32. The van der Waals surface area contributed by atoms with Gasteiger partial charge in [0.15, 0.2) is 0 Å². The van der Waals surface area contributed by atoms with Gasteiger partial charge in [-0.15, -0.1) is 0 Å². The molecular weight excluding hydrogens is 230 g/mol. The van der Waals surface area contributed by atoms with Gasteiger partial charge in [-0.2, -0.15) is 0 Å². The van der Waals surface area contributed by atoms with Gasteiger partial charge in [-0.1, -0.05) is 0 Å². The number of unbranched alkanes of at least 4 members (excludes halogenated alkanes) is 1. The summed E-state index contributed by atoms with van der Waals surface area (Å²) in [5.41, 5.74) is 1.06. The van der Waals surface area contributed by atoms with E-state index in [1.165, 1.54) is 0 Å². The largest absolute Gasteiger partial charge is 0.494 e. The minimum Gasteiger partial charge on any atom is -0.494 e. The smallest absolute Gasteiger partial charge is 0.305 e. The molecule has 1 N–H and O–H groups in total. The van der Waals surface area contributed by atoms with Gasteiger partial charge in [0.1, 0.15) is 5.75 Å². The first-order valence-electron chi connectivity index (χ1n) is 6.32. The van der Waals surface area contributed by atoms with Gasteiger partial charge in [0.05, 0.1) is 13.2 Å². The maximum atomic E-state index is 11.1. The van der Waals surface area contributed by atoms with Crippen molar-refractivity contribution in [2.24, 2.45) is 0 Å². The maximum absolute atomic E-state index is 11.1. The van der Waals surface area contributed by atoms with Crippen molar-refractivity contribution in [1.29, 1.82) is 0 Å². The van der Waals surface area contributed by atoms with Gasteiger partial charge in [0.2, 0.25) is 0 Å². The highest BCUT2D eigenvalue weighted by Crippen LogP contribution is 2.15. The molecule has 0 aromatic heterocycles. The van der Waals surface area contributed by atoms with Crippen molar-refractivity contribution in [3.8, 4) is 5.75 Å². The zero-order chi connectivity index (χ0) is 13.2. The normalized spacial score (nSPS) is 9.89. The van der Waals surface area contributed by atoms with Crippen LogP contribution in [-0.2, 0) is 9.53 Å². The molecule has 1 rings (SSSR count). The summed E-state index contributed by atoms with van der Waals surface area (Å²) in [5.74, 6) is 0.723. The zero-order valence-electron chi connectivity index (χ0n) is 11.1. The number of hydrogen-bond acceptors (Lipinski definition) is 4. The van der Waals surface area contributed by atoms with E-state index in [2.05, 4.69) is 5.32 Å². The number of benzene rings is 1. The SMILES string of the molecule is CCOC(=O)CCCCOc1ccc(NC)cc1. The van der Waals surface area contributed by atoms with E-state index in [1.54, 1.807) is 0 Å². The summed E-state index contributed by atoms with van der Waals surface area (Å²) in [6.07, 6.45) is 2.12. The monoisotopic (exact) mass is 251 g/mol. The second-order valence-corrected chi connectivity index (χ2v) is 3.88. The average Bonchev–Trinajstić information content (AvgIpc) is 2.39. The number of carbonyl (C=O) groups is 1. The molecule has 0 radical (unpaired) electrons. The van der Waals surface area contributed by atoms with E-state index in [9.17, 15) is 4.79 Å². The topological polar surface area (TPSA) is 47.6 Å². The highest BCUT2D eigenvalue weighted by molar-refractivity contribution is 5.69. The number of esters is 1. The lowest BCUT2D eigenvalue weighted by atomic mass is 10.2. The van der Waals surface area contributed by atoms with Crippen LogP contribution in [0.3, 0.4) is 0 Å². The lowest BCUT2D eigenvalue weighted by molar-refractivity contribution is -0.143. The summed E-state index contributed by atoms with van der Waals surface area (Å²) in [6.45, 7) is 2.89. The van der Waals surface area contributed by atoms with Crippen LogP contribution >= 0.6 is 0 Å². The van der Waals surface area contributed by atoms with E-state index in [4.69, 9.17) is 9.47 Å². The van der Waals surface area contributed by atoms with Gasteiger partial charge in [0.25, 0.3) is 0 Å². The molecule has 0 bridgehead atoms. The van der Waals surface area contributed by atoms with Crippen LogP contribution in [0.5, 0.6) is 5.75 Å². The molecule has 0 saturated carbocycles. The van der Waals surface area contributed by atoms with Gasteiger partial charge in [-0.3, -0.25) is 4.79 Å². The van der Waals surface area contributed by atoms with Gasteiger partial charge in [-0.05, 0) is 44.0 Å². The Bertz CT molecular complexity index is 349. The molecule has 0 saturated heterocycles. The Morgan fingerprint density at radius 2 is 1.94 bits per heavy atom. The fourth-order valence-electron chi connectivity index (χ4n) is 1.51. The van der Waals surface area contributed by atoms with E-state index in [1.807, 2.05) is 38.2 Å². The van der Waals surface area contributed by atoms with Gasteiger partial charge >= 0.3 is 5.97 Å². The Balaban J connectivity index is 2.12. The number of rotatable bonds is 8. The highest BCUT2D eigenvalue weighted by Gasteiger charge is 2.01. The standard InChI is InChI=1S/C14H21NO3/c1-3-17-14(16)6-4-5-11-18-13-9-7-12(15-2)8-10-13/h7-10,15H,3-6,11H2,1-2H3. The Labute approximate surface area is 108 Å². The molecule has 0 aliphatic carbocycles. The van der Waals surface area contributed by atoms with Crippen molar-refractivity contribution in [1.82, 2.24) is 0 Å². The third-order valence-corrected chi connectivity index (χ3v) is 2.49. The number of nitrogens with one attached hydrogen (secondary N) is 1. The second-order valence-electron chi connectivity index (χ2n) is 3.88. The number of ether oxygens (including phenoxy) is 2. The molecule has 0 aliphatic rings. The van der Waals surface area contributed by atoms with Gasteiger partial charge in [-0.25, -0.2) is 0 Å². The summed E-state index contributed by atoms with van der Waals surface area (Å²) in [6, 6.07) is 7.79. The molecule has 0 amide bonds. The van der Waals surface area contributed by atoms with Crippen molar-refractivity contribution >= 4 is 11.7 Å². The van der Waals surface area contributed by atoms with Crippen LogP contribution in [0.15, 0.2) is 24.3 Å². The van der Waals surface area contributed by atoms with Crippen molar-refractivity contribution in [2.75, 3.05) is 25.6 Å². The molecule has 0 atom stereocenters. The predicted octanol–water partition coefficient (Wildman–Crippen LogP) is 2.84. The molecule has 0 aliphatic heterocycles. The van der Waals surface area contributed by atoms with Crippen LogP contribution in [0, 0.1) is 0 Å². The first kappa shape index (κ1) is 14.4. The Hall–Kier alpha value is -1.71. The molecule has 1 aromatic carbocycles. The molecule has 0 spiro atoms. The average molecular weight is 251 g/mol. The molecule has 1 aromatic rings. The third-order valence-electron chi connectivity index (χ3n) is 2.49. The van der Waals surface area contributed by atoms with Crippen LogP contribution in [0.4, 0.5) is 5.69 Å². The van der Waals surface area contributed by atoms with Crippen molar-refractivity contribution in [3.05, 3.63) is 24.3 Å². The van der Waals surface area contributed by atoms with Crippen LogP contribution < -0.4 is 10.1 Å². The molecule has 4 nitrogen and oxygen atoms in total. The Morgan fingerprint density at radius 1 is 1.22 bits per heavy atom. The molecular formula is C14H21NO3. The summed E-state index contributed by atoms with van der Waals surface area (Å²) >= 11 is 0. The fourth-order valence-corrected chi connectivity index (χ4v) is 1.51. The van der Waals surface area contributed by atoms with E-state index < -0.39 is 0 Å². The minimum absolute atomic E-state index is 0.129. The number of hydrogen-bond donors (Lipinski definition) is 1. The number of anilines is 1. The molecule has 0 fully saturated rings. The third kappa shape index (κ3) is 5.57. The molecule has 0 heterocycles. The highest BCUT2D eigenvalue weighted by atomic mass is 16.5. The zero-order valence-corrected chi connectivity index (χ0v) is 11.1. The predicted molar refractivity (Wildman–Crippen MR) is 72.0 cm³/mol. The Morgan fingerprint density at radius 3 is 2.56 bits per heavy atom. The lowest BCUT2D eigenvalue weighted by Crippen LogP contribution is -2.05. The van der Waals surface area contributed by atoms with E-state index in [0.29, 0.717) is 19.6 Å². The molecule has 4 heteroatoms. The lowest BCUT2D eigenvalue weighted by Gasteiger charge is -2.07. The van der Waals surface area contributed by atoms with Crippen LogP contribution in [-0.4, -0.2) is 26.2 Å². The van der Waals surface area contributed by atoms with Gasteiger partial charge in [0, 0.05) is 19.2 Å². The Kier molecular flexibility index (Phi) is 6.69. The summed E-state index contributed by atoms with van der Waals surface area (Å²) in [4.78, 5) is 11.1. The van der Waals surface area contributed by atoms with Gasteiger partial charge < -0.3 is 14.8 Å². The van der Waals surface area contributed by atoms with E-state index in [-0.39, 0.29) is 5.97 Å². The van der Waals surface area contributed by atoms with Crippen LogP contribution in [0.25, 0.3) is 0 Å². The summed E-state index contributed by atoms with van der Waals surface area (Å²) in [7, 11) is 1.88. The molecule has 18 heavy (non-hydrogen) atoms. The second kappa shape index (κ2) is 8.39. The van der Waals surface area contributed by atoms with Crippen molar-refractivity contribution < 1.29 is 14.3 Å².